The monoisotopic (exact) mass is 237 g/mol. The summed E-state index contributed by atoms with van der Waals surface area (Å²) < 4.78 is 0. The van der Waals surface area contributed by atoms with Crippen LogP contribution in [-0.4, -0.2) is 61.5 Å². The summed E-state index contributed by atoms with van der Waals surface area (Å²) in [7, 11) is 0. The first-order valence-electron chi connectivity index (χ1n) is 6.20. The van der Waals surface area contributed by atoms with Crippen molar-refractivity contribution in [1.82, 2.24) is 15.1 Å². The van der Waals surface area contributed by atoms with Crippen molar-refractivity contribution < 1.29 is 4.79 Å². The lowest BCUT2D eigenvalue weighted by molar-refractivity contribution is -0.132. The van der Waals surface area contributed by atoms with Crippen molar-refractivity contribution in [1.29, 1.82) is 0 Å². The summed E-state index contributed by atoms with van der Waals surface area (Å²) >= 11 is 0. The molecule has 4 nitrogen and oxygen atoms in total. The Morgan fingerprint density at radius 3 is 2.35 bits per heavy atom. The van der Waals surface area contributed by atoms with Crippen LogP contribution in [0.1, 0.15) is 6.42 Å². The Labute approximate surface area is 104 Å². The molecule has 1 aliphatic heterocycles. The molecular weight excluding hydrogens is 214 g/mol. The Bertz CT molecular complexity index is 249. The Balaban J connectivity index is 2.28. The Morgan fingerprint density at radius 2 is 1.82 bits per heavy atom. The maximum atomic E-state index is 11.9. The number of carbonyl (C=O) groups is 1. The van der Waals surface area contributed by atoms with Crippen LogP contribution in [-0.2, 0) is 4.79 Å². The van der Waals surface area contributed by atoms with E-state index in [1.165, 1.54) is 0 Å². The highest BCUT2D eigenvalue weighted by molar-refractivity contribution is 5.76. The molecule has 0 aromatic carbocycles. The summed E-state index contributed by atoms with van der Waals surface area (Å²) in [6.07, 6.45) is 4.30. The first-order chi connectivity index (χ1) is 8.27. The van der Waals surface area contributed by atoms with Gasteiger partial charge in [-0.05, 0) is 0 Å². The molecule has 96 valence electrons. The van der Waals surface area contributed by atoms with Crippen LogP contribution in [0.5, 0.6) is 0 Å². The third-order valence-electron chi connectivity index (χ3n) is 2.89. The lowest BCUT2D eigenvalue weighted by Crippen LogP contribution is -2.47. The van der Waals surface area contributed by atoms with E-state index in [0.29, 0.717) is 6.42 Å². The van der Waals surface area contributed by atoms with Gasteiger partial charge in [0.05, 0.1) is 0 Å². The first kappa shape index (κ1) is 13.9. The molecule has 1 aliphatic rings. The molecule has 0 aromatic heterocycles. The average molecular weight is 237 g/mol. The second kappa shape index (κ2) is 8.03. The second-order valence-electron chi connectivity index (χ2n) is 4.22. The Hall–Kier alpha value is -1.13. The highest BCUT2D eigenvalue weighted by Crippen LogP contribution is 2.00. The van der Waals surface area contributed by atoms with Crippen LogP contribution in [0.15, 0.2) is 25.3 Å². The van der Waals surface area contributed by atoms with Gasteiger partial charge in [-0.3, -0.25) is 9.69 Å². The molecule has 0 aliphatic carbocycles. The minimum atomic E-state index is 0.254. The van der Waals surface area contributed by atoms with E-state index >= 15 is 0 Å². The molecule has 0 spiro atoms. The van der Waals surface area contributed by atoms with Crippen LogP contribution < -0.4 is 5.32 Å². The fraction of sp³-hybridized carbons (Fsp3) is 0.615. The molecule has 1 rings (SSSR count). The van der Waals surface area contributed by atoms with E-state index in [9.17, 15) is 4.79 Å². The molecule has 1 saturated heterocycles. The summed E-state index contributed by atoms with van der Waals surface area (Å²) in [5, 5.41) is 3.24. The number of amides is 1. The van der Waals surface area contributed by atoms with Crippen molar-refractivity contribution >= 4 is 5.91 Å². The molecule has 0 bridgehead atoms. The maximum absolute atomic E-state index is 11.9. The quantitative estimate of drug-likeness (QED) is 0.654. The fourth-order valence-electron chi connectivity index (χ4n) is 1.95. The minimum absolute atomic E-state index is 0.254. The van der Waals surface area contributed by atoms with Crippen molar-refractivity contribution in [2.45, 2.75) is 6.42 Å². The zero-order chi connectivity index (χ0) is 12.5. The zero-order valence-corrected chi connectivity index (χ0v) is 10.5. The van der Waals surface area contributed by atoms with Crippen LogP contribution in [0.2, 0.25) is 0 Å². The number of hydrogen-bond donors (Lipinski definition) is 1. The predicted molar refractivity (Wildman–Crippen MR) is 70.9 cm³/mol. The van der Waals surface area contributed by atoms with Crippen LogP contribution in [0.3, 0.4) is 0 Å². The van der Waals surface area contributed by atoms with Gasteiger partial charge >= 0.3 is 0 Å². The summed E-state index contributed by atoms with van der Waals surface area (Å²) in [6, 6.07) is 0. The number of nitrogens with zero attached hydrogens (tertiary/aromatic N) is 2. The van der Waals surface area contributed by atoms with E-state index in [4.69, 9.17) is 0 Å². The van der Waals surface area contributed by atoms with Gasteiger partial charge in [-0.1, -0.05) is 12.2 Å². The van der Waals surface area contributed by atoms with Gasteiger partial charge in [-0.25, -0.2) is 0 Å². The summed E-state index contributed by atoms with van der Waals surface area (Å²) in [4.78, 5) is 16.0. The Morgan fingerprint density at radius 1 is 1.24 bits per heavy atom. The normalized spacial score (nSPS) is 15.9. The van der Waals surface area contributed by atoms with Crippen molar-refractivity contribution in [2.75, 3.05) is 45.8 Å². The molecule has 0 aromatic rings. The molecule has 1 heterocycles. The van der Waals surface area contributed by atoms with Crippen molar-refractivity contribution in [3.8, 4) is 0 Å². The van der Waals surface area contributed by atoms with E-state index in [0.717, 1.165) is 45.8 Å². The van der Waals surface area contributed by atoms with Crippen molar-refractivity contribution in [3.63, 3.8) is 0 Å². The molecule has 4 heteroatoms. The third-order valence-corrected chi connectivity index (χ3v) is 2.89. The first-order valence-corrected chi connectivity index (χ1v) is 6.20. The molecule has 0 atom stereocenters. The molecule has 1 N–H and O–H groups in total. The van der Waals surface area contributed by atoms with Gasteiger partial charge in [0.1, 0.15) is 0 Å². The van der Waals surface area contributed by atoms with Crippen molar-refractivity contribution in [2.24, 2.45) is 0 Å². The predicted octanol–water partition coefficient (Wildman–Crippen LogP) is 0.482. The van der Waals surface area contributed by atoms with Crippen LogP contribution in [0.4, 0.5) is 0 Å². The molecular formula is C13H23N3O. The van der Waals surface area contributed by atoms with Gasteiger partial charge in [0, 0.05) is 52.2 Å². The van der Waals surface area contributed by atoms with E-state index in [1.54, 1.807) is 0 Å². The number of hydrogen-bond acceptors (Lipinski definition) is 3. The lowest BCUT2D eigenvalue weighted by Gasteiger charge is -2.28. The number of nitrogens with one attached hydrogen (secondary N) is 1. The summed E-state index contributed by atoms with van der Waals surface area (Å²) in [5.41, 5.74) is 0. The number of carbonyl (C=O) groups excluding carboxylic acids is 1. The Kier molecular flexibility index (Phi) is 6.58. The van der Waals surface area contributed by atoms with Gasteiger partial charge in [0.2, 0.25) is 5.91 Å². The van der Waals surface area contributed by atoms with Gasteiger partial charge in [0.25, 0.3) is 0 Å². The second-order valence-corrected chi connectivity index (χ2v) is 4.22. The molecule has 1 amide bonds. The average Bonchev–Trinajstić information content (AvgIpc) is 2.37. The maximum Gasteiger partial charge on any atom is 0.223 e. The van der Waals surface area contributed by atoms with E-state index in [2.05, 4.69) is 23.4 Å². The smallest absolute Gasteiger partial charge is 0.223 e. The molecule has 0 unspecified atom stereocenters. The molecule has 17 heavy (non-hydrogen) atoms. The van der Waals surface area contributed by atoms with Crippen LogP contribution >= 0.6 is 0 Å². The molecule has 1 fully saturated rings. The van der Waals surface area contributed by atoms with E-state index in [-0.39, 0.29) is 5.91 Å². The van der Waals surface area contributed by atoms with E-state index < -0.39 is 0 Å². The van der Waals surface area contributed by atoms with Gasteiger partial charge in [-0.15, -0.1) is 13.2 Å². The van der Waals surface area contributed by atoms with Crippen LogP contribution in [0, 0.1) is 0 Å². The minimum Gasteiger partial charge on any atom is -0.340 e. The highest BCUT2D eigenvalue weighted by Gasteiger charge is 2.16. The molecule has 0 radical (unpaired) electrons. The topological polar surface area (TPSA) is 35.6 Å². The SMILES string of the molecule is C=CCN(CC=C)CCC(=O)N1CCNCC1. The lowest BCUT2D eigenvalue weighted by atomic mass is 10.3. The fourth-order valence-corrected chi connectivity index (χ4v) is 1.95. The summed E-state index contributed by atoms with van der Waals surface area (Å²) in [6.45, 7) is 13.3. The van der Waals surface area contributed by atoms with E-state index in [1.807, 2.05) is 17.1 Å². The van der Waals surface area contributed by atoms with Gasteiger partial charge in [-0.2, -0.15) is 0 Å². The highest BCUT2D eigenvalue weighted by atomic mass is 16.2. The number of piperazine rings is 1. The van der Waals surface area contributed by atoms with Gasteiger partial charge < -0.3 is 10.2 Å². The summed E-state index contributed by atoms with van der Waals surface area (Å²) in [5.74, 6) is 0.254. The third kappa shape index (κ3) is 5.15. The van der Waals surface area contributed by atoms with Crippen LogP contribution in [0.25, 0.3) is 0 Å². The van der Waals surface area contributed by atoms with Crippen molar-refractivity contribution in [3.05, 3.63) is 25.3 Å². The standard InChI is InChI=1S/C13H23N3O/c1-3-8-15(9-4-2)10-5-13(17)16-11-6-14-7-12-16/h3-4,14H,1-2,5-12H2. The number of rotatable bonds is 7. The largest absolute Gasteiger partial charge is 0.340 e. The molecule has 0 saturated carbocycles. The zero-order valence-electron chi connectivity index (χ0n) is 10.5. The van der Waals surface area contributed by atoms with Gasteiger partial charge in [0.15, 0.2) is 0 Å².